The lowest BCUT2D eigenvalue weighted by Crippen LogP contribution is -1.87. The molecule has 0 heteroatoms. The molecule has 0 saturated heterocycles. The zero-order chi connectivity index (χ0) is 11.7. The summed E-state index contributed by atoms with van der Waals surface area (Å²) < 4.78 is 0. The Morgan fingerprint density at radius 2 is 1.88 bits per heavy atom. The molecule has 1 aliphatic carbocycles. The van der Waals surface area contributed by atoms with E-state index in [2.05, 4.69) is 61.2 Å². The first-order valence-electron chi connectivity index (χ1n) is 5.90. The van der Waals surface area contributed by atoms with Crippen LogP contribution in [0.25, 0.3) is 11.6 Å². The molecule has 0 spiro atoms. The Bertz CT molecular complexity index is 603. The zero-order valence-corrected chi connectivity index (χ0v) is 9.69. The molecule has 1 aliphatic rings. The van der Waals surface area contributed by atoms with E-state index in [1.165, 1.54) is 27.8 Å². The Balaban J connectivity index is 2.09. The first-order valence-corrected chi connectivity index (χ1v) is 5.90. The van der Waals surface area contributed by atoms with Crippen molar-refractivity contribution in [1.82, 2.24) is 0 Å². The summed E-state index contributed by atoms with van der Waals surface area (Å²) in [6, 6.07) is 17.2. The Morgan fingerprint density at radius 1 is 1.00 bits per heavy atom. The molecule has 0 heterocycles. The molecule has 3 rings (SSSR count). The van der Waals surface area contributed by atoms with E-state index in [9.17, 15) is 0 Å². The third-order valence-corrected chi connectivity index (χ3v) is 3.27. The van der Waals surface area contributed by atoms with E-state index in [-0.39, 0.29) is 0 Å². The van der Waals surface area contributed by atoms with Crippen molar-refractivity contribution in [3.05, 3.63) is 83.4 Å². The van der Waals surface area contributed by atoms with Crippen LogP contribution in [0.5, 0.6) is 0 Å². The van der Waals surface area contributed by atoms with Crippen LogP contribution in [0.15, 0.2) is 61.2 Å². The van der Waals surface area contributed by atoms with E-state index >= 15 is 0 Å². The van der Waals surface area contributed by atoms with Gasteiger partial charge in [-0.05, 0) is 40.3 Å². The van der Waals surface area contributed by atoms with Crippen molar-refractivity contribution in [2.24, 2.45) is 0 Å². The number of rotatable bonds is 2. The van der Waals surface area contributed by atoms with Gasteiger partial charge in [0.2, 0.25) is 0 Å². The standard InChI is InChI=1S/C17H14/c1-2-13-6-5-8-15(12-13)17-11-10-14-7-3-4-9-16(14)17/h2-9,11-12H,1,10H2. The number of hydrogen-bond acceptors (Lipinski definition) is 0. The summed E-state index contributed by atoms with van der Waals surface area (Å²) in [6.07, 6.45) is 5.25. The van der Waals surface area contributed by atoms with Gasteiger partial charge in [0.15, 0.2) is 0 Å². The van der Waals surface area contributed by atoms with Crippen molar-refractivity contribution in [2.75, 3.05) is 0 Å². The zero-order valence-electron chi connectivity index (χ0n) is 9.69. The van der Waals surface area contributed by atoms with Gasteiger partial charge >= 0.3 is 0 Å². The molecule has 2 aromatic rings. The van der Waals surface area contributed by atoms with Crippen LogP contribution in [-0.2, 0) is 6.42 Å². The van der Waals surface area contributed by atoms with Crippen molar-refractivity contribution >= 4 is 11.6 Å². The van der Waals surface area contributed by atoms with Crippen LogP contribution in [0.1, 0.15) is 22.3 Å². The second kappa shape index (κ2) is 4.06. The van der Waals surface area contributed by atoms with Gasteiger partial charge in [0.1, 0.15) is 0 Å². The van der Waals surface area contributed by atoms with Crippen molar-refractivity contribution in [2.45, 2.75) is 6.42 Å². The molecule has 0 saturated carbocycles. The lowest BCUT2D eigenvalue weighted by atomic mass is 9.98. The minimum absolute atomic E-state index is 1.05. The van der Waals surface area contributed by atoms with Gasteiger partial charge in [0.25, 0.3) is 0 Å². The Morgan fingerprint density at radius 3 is 2.76 bits per heavy atom. The molecule has 0 bridgehead atoms. The molecule has 82 valence electrons. The van der Waals surface area contributed by atoms with Gasteiger partial charge in [-0.25, -0.2) is 0 Å². The summed E-state index contributed by atoms with van der Waals surface area (Å²) in [5, 5.41) is 0. The van der Waals surface area contributed by atoms with Crippen molar-refractivity contribution in [3.63, 3.8) is 0 Å². The molecule has 0 aliphatic heterocycles. The molecule has 0 nitrogen and oxygen atoms in total. The molecular formula is C17H14. The fraction of sp³-hybridized carbons (Fsp3) is 0.0588. The molecule has 17 heavy (non-hydrogen) atoms. The molecular weight excluding hydrogens is 204 g/mol. The normalized spacial score (nSPS) is 13.1. The summed E-state index contributed by atoms with van der Waals surface area (Å²) in [5.41, 5.74) is 6.60. The summed E-state index contributed by atoms with van der Waals surface area (Å²) in [6.45, 7) is 3.82. The summed E-state index contributed by atoms with van der Waals surface area (Å²) in [4.78, 5) is 0. The highest BCUT2D eigenvalue weighted by molar-refractivity contribution is 5.85. The topological polar surface area (TPSA) is 0 Å². The summed E-state index contributed by atoms with van der Waals surface area (Å²) in [5.74, 6) is 0. The van der Waals surface area contributed by atoms with E-state index in [4.69, 9.17) is 0 Å². The molecule has 2 aromatic carbocycles. The van der Waals surface area contributed by atoms with Crippen molar-refractivity contribution < 1.29 is 0 Å². The second-order valence-corrected chi connectivity index (χ2v) is 4.31. The maximum absolute atomic E-state index is 3.82. The van der Waals surface area contributed by atoms with E-state index in [1.807, 2.05) is 6.08 Å². The van der Waals surface area contributed by atoms with Crippen LogP contribution in [0.2, 0.25) is 0 Å². The predicted molar refractivity (Wildman–Crippen MR) is 73.8 cm³/mol. The first kappa shape index (κ1) is 10.1. The van der Waals surface area contributed by atoms with Crippen LogP contribution in [0, 0.1) is 0 Å². The molecule has 0 radical (unpaired) electrons. The van der Waals surface area contributed by atoms with E-state index in [1.54, 1.807) is 0 Å². The fourth-order valence-electron chi connectivity index (χ4n) is 2.39. The number of hydrogen-bond donors (Lipinski definition) is 0. The predicted octanol–water partition coefficient (Wildman–Crippen LogP) is 4.32. The van der Waals surface area contributed by atoms with Crippen molar-refractivity contribution in [1.29, 1.82) is 0 Å². The SMILES string of the molecule is C=Cc1cccc(C2=CCc3ccccc32)c1. The van der Waals surface area contributed by atoms with E-state index in [0.29, 0.717) is 0 Å². The van der Waals surface area contributed by atoms with Gasteiger partial charge in [0, 0.05) is 0 Å². The first-order chi connectivity index (χ1) is 8.38. The van der Waals surface area contributed by atoms with Gasteiger partial charge in [-0.15, -0.1) is 0 Å². The molecule has 0 fully saturated rings. The fourth-order valence-corrected chi connectivity index (χ4v) is 2.39. The summed E-state index contributed by atoms with van der Waals surface area (Å²) >= 11 is 0. The quantitative estimate of drug-likeness (QED) is 0.704. The monoisotopic (exact) mass is 218 g/mol. The van der Waals surface area contributed by atoms with Gasteiger partial charge in [-0.1, -0.05) is 61.2 Å². The van der Waals surface area contributed by atoms with Crippen LogP contribution in [-0.4, -0.2) is 0 Å². The Hall–Kier alpha value is -2.08. The average molecular weight is 218 g/mol. The molecule has 0 N–H and O–H groups in total. The molecule has 0 aromatic heterocycles. The Labute approximate surface area is 102 Å². The Kier molecular flexibility index (Phi) is 2.41. The third kappa shape index (κ3) is 1.72. The van der Waals surface area contributed by atoms with Crippen LogP contribution < -0.4 is 0 Å². The van der Waals surface area contributed by atoms with Gasteiger partial charge in [-0.3, -0.25) is 0 Å². The van der Waals surface area contributed by atoms with E-state index in [0.717, 1.165) is 6.42 Å². The minimum Gasteiger partial charge on any atom is -0.0985 e. The minimum atomic E-state index is 1.05. The average Bonchev–Trinajstić information content (AvgIpc) is 2.82. The number of fused-ring (bicyclic) bond motifs is 1. The lowest BCUT2D eigenvalue weighted by Gasteiger charge is -2.06. The largest absolute Gasteiger partial charge is 0.0985 e. The van der Waals surface area contributed by atoms with Gasteiger partial charge in [-0.2, -0.15) is 0 Å². The maximum atomic E-state index is 3.82. The molecule has 0 atom stereocenters. The van der Waals surface area contributed by atoms with Crippen LogP contribution in [0.4, 0.5) is 0 Å². The highest BCUT2D eigenvalue weighted by atomic mass is 14.2. The third-order valence-electron chi connectivity index (χ3n) is 3.27. The number of allylic oxidation sites excluding steroid dienone is 1. The highest BCUT2D eigenvalue weighted by Gasteiger charge is 2.14. The maximum Gasteiger partial charge on any atom is -0.00819 e. The van der Waals surface area contributed by atoms with Crippen molar-refractivity contribution in [3.8, 4) is 0 Å². The second-order valence-electron chi connectivity index (χ2n) is 4.31. The van der Waals surface area contributed by atoms with Crippen LogP contribution in [0.3, 0.4) is 0 Å². The summed E-state index contributed by atoms with van der Waals surface area (Å²) in [7, 11) is 0. The highest BCUT2D eigenvalue weighted by Crippen LogP contribution is 2.32. The van der Waals surface area contributed by atoms with Gasteiger partial charge < -0.3 is 0 Å². The van der Waals surface area contributed by atoms with Crippen LogP contribution >= 0.6 is 0 Å². The van der Waals surface area contributed by atoms with E-state index < -0.39 is 0 Å². The number of benzene rings is 2. The molecule has 0 unspecified atom stereocenters. The molecule has 0 amide bonds. The van der Waals surface area contributed by atoms with Gasteiger partial charge in [0.05, 0.1) is 0 Å². The lowest BCUT2D eigenvalue weighted by molar-refractivity contribution is 1.31. The smallest absolute Gasteiger partial charge is 0.00819 e.